The fourth-order valence-corrected chi connectivity index (χ4v) is 2.66. The Morgan fingerprint density at radius 1 is 1.10 bits per heavy atom. The minimum Gasteiger partial charge on any atom is -0.381 e. The van der Waals surface area contributed by atoms with Gasteiger partial charge < -0.3 is 5.32 Å². The van der Waals surface area contributed by atoms with E-state index in [0.29, 0.717) is 17.7 Å². The quantitative estimate of drug-likeness (QED) is 0.917. The molecule has 2 aromatic rings. The Morgan fingerprint density at radius 3 is 2.80 bits per heavy atom. The molecule has 3 heteroatoms. The molecule has 0 atom stereocenters. The second-order valence-electron chi connectivity index (χ2n) is 5.11. The third kappa shape index (κ3) is 2.50. The molecule has 0 aliphatic heterocycles. The SMILES string of the molecule is N#Cc1ccc(F)c(CNc2ccc3c(c2)CCC3)c1. The normalized spacial score (nSPS) is 12.8. The molecule has 0 unspecified atom stereocenters. The minimum atomic E-state index is -0.280. The highest BCUT2D eigenvalue weighted by atomic mass is 19.1. The molecule has 0 radical (unpaired) electrons. The minimum absolute atomic E-state index is 0.280. The highest BCUT2D eigenvalue weighted by Gasteiger charge is 2.11. The molecule has 1 aliphatic carbocycles. The van der Waals surface area contributed by atoms with Gasteiger partial charge in [0.15, 0.2) is 0 Å². The van der Waals surface area contributed by atoms with E-state index in [4.69, 9.17) is 5.26 Å². The van der Waals surface area contributed by atoms with Gasteiger partial charge in [-0.3, -0.25) is 0 Å². The van der Waals surface area contributed by atoms with Crippen LogP contribution in [0, 0.1) is 17.1 Å². The van der Waals surface area contributed by atoms with E-state index in [9.17, 15) is 4.39 Å². The Kier molecular flexibility index (Phi) is 3.39. The molecule has 0 aromatic heterocycles. The van der Waals surface area contributed by atoms with E-state index in [0.717, 1.165) is 18.5 Å². The van der Waals surface area contributed by atoms with Gasteiger partial charge in [0.25, 0.3) is 0 Å². The summed E-state index contributed by atoms with van der Waals surface area (Å²) in [6.45, 7) is 0.389. The summed E-state index contributed by atoms with van der Waals surface area (Å²) in [7, 11) is 0. The summed E-state index contributed by atoms with van der Waals surface area (Å²) >= 11 is 0. The number of nitrogens with one attached hydrogen (secondary N) is 1. The number of nitriles is 1. The Balaban J connectivity index is 1.75. The van der Waals surface area contributed by atoms with Crippen molar-refractivity contribution in [1.82, 2.24) is 0 Å². The number of nitrogens with zero attached hydrogens (tertiary/aromatic N) is 1. The number of hydrogen-bond donors (Lipinski definition) is 1. The number of halogens is 1. The zero-order chi connectivity index (χ0) is 13.9. The van der Waals surface area contributed by atoms with Crippen LogP contribution in [0.1, 0.15) is 28.7 Å². The van der Waals surface area contributed by atoms with Crippen molar-refractivity contribution in [3.63, 3.8) is 0 Å². The van der Waals surface area contributed by atoms with Crippen molar-refractivity contribution in [3.8, 4) is 6.07 Å². The number of anilines is 1. The van der Waals surface area contributed by atoms with Gasteiger partial charge in [-0.2, -0.15) is 5.26 Å². The first-order chi connectivity index (χ1) is 9.76. The van der Waals surface area contributed by atoms with E-state index in [1.165, 1.54) is 29.7 Å². The average Bonchev–Trinajstić information content (AvgIpc) is 2.94. The fourth-order valence-electron chi connectivity index (χ4n) is 2.66. The molecule has 0 saturated carbocycles. The van der Waals surface area contributed by atoms with Gasteiger partial charge in [-0.05, 0) is 60.7 Å². The van der Waals surface area contributed by atoms with E-state index >= 15 is 0 Å². The van der Waals surface area contributed by atoms with E-state index in [1.54, 1.807) is 6.07 Å². The van der Waals surface area contributed by atoms with Crippen LogP contribution in [0.4, 0.5) is 10.1 Å². The van der Waals surface area contributed by atoms with Crippen LogP contribution >= 0.6 is 0 Å². The number of benzene rings is 2. The van der Waals surface area contributed by atoms with Gasteiger partial charge in [-0.15, -0.1) is 0 Å². The monoisotopic (exact) mass is 266 g/mol. The van der Waals surface area contributed by atoms with Crippen LogP contribution in [0.5, 0.6) is 0 Å². The van der Waals surface area contributed by atoms with Gasteiger partial charge in [0.05, 0.1) is 11.6 Å². The smallest absolute Gasteiger partial charge is 0.128 e. The number of hydrogen-bond acceptors (Lipinski definition) is 2. The molecule has 0 amide bonds. The van der Waals surface area contributed by atoms with Crippen LogP contribution < -0.4 is 5.32 Å². The first kappa shape index (κ1) is 12.7. The van der Waals surface area contributed by atoms with E-state index in [2.05, 4.69) is 17.4 Å². The summed E-state index contributed by atoms with van der Waals surface area (Å²) in [5.41, 5.74) is 4.82. The maximum atomic E-state index is 13.7. The lowest BCUT2D eigenvalue weighted by Crippen LogP contribution is -2.02. The maximum absolute atomic E-state index is 13.7. The largest absolute Gasteiger partial charge is 0.381 e. The Hall–Kier alpha value is -2.34. The Bertz CT molecular complexity index is 686. The third-order valence-electron chi connectivity index (χ3n) is 3.76. The second kappa shape index (κ2) is 5.34. The van der Waals surface area contributed by atoms with Gasteiger partial charge in [-0.25, -0.2) is 4.39 Å². The maximum Gasteiger partial charge on any atom is 0.128 e. The second-order valence-corrected chi connectivity index (χ2v) is 5.11. The summed E-state index contributed by atoms with van der Waals surface area (Å²) in [6.07, 6.45) is 3.51. The molecule has 2 aromatic carbocycles. The lowest BCUT2D eigenvalue weighted by Gasteiger charge is -2.09. The van der Waals surface area contributed by atoms with Crippen LogP contribution in [-0.4, -0.2) is 0 Å². The van der Waals surface area contributed by atoms with Crippen molar-refractivity contribution < 1.29 is 4.39 Å². The van der Waals surface area contributed by atoms with Crippen molar-refractivity contribution in [3.05, 3.63) is 64.5 Å². The standard InChI is InChI=1S/C17H15FN2/c18-17-7-4-12(10-19)8-15(17)11-20-16-6-5-13-2-1-3-14(13)9-16/h4-9,20H,1-3,11H2. The number of fused-ring (bicyclic) bond motifs is 1. The zero-order valence-corrected chi connectivity index (χ0v) is 11.1. The van der Waals surface area contributed by atoms with E-state index in [1.807, 2.05) is 12.1 Å². The highest BCUT2D eigenvalue weighted by Crippen LogP contribution is 2.25. The molecule has 100 valence electrons. The van der Waals surface area contributed by atoms with E-state index in [-0.39, 0.29) is 5.82 Å². The summed E-state index contributed by atoms with van der Waals surface area (Å²) in [5.74, 6) is -0.280. The Morgan fingerprint density at radius 2 is 1.95 bits per heavy atom. The molecule has 0 fully saturated rings. The molecular formula is C17H15FN2. The first-order valence-electron chi connectivity index (χ1n) is 6.80. The van der Waals surface area contributed by atoms with Crippen molar-refractivity contribution in [2.24, 2.45) is 0 Å². The molecular weight excluding hydrogens is 251 g/mol. The molecule has 0 saturated heterocycles. The van der Waals surface area contributed by atoms with Crippen LogP contribution in [-0.2, 0) is 19.4 Å². The third-order valence-corrected chi connectivity index (χ3v) is 3.76. The van der Waals surface area contributed by atoms with Crippen LogP contribution in [0.3, 0.4) is 0 Å². The molecule has 0 heterocycles. The van der Waals surface area contributed by atoms with Crippen molar-refractivity contribution in [2.45, 2.75) is 25.8 Å². The molecule has 2 nitrogen and oxygen atoms in total. The summed E-state index contributed by atoms with van der Waals surface area (Å²) in [6, 6.07) is 12.8. The number of aryl methyl sites for hydroxylation is 2. The highest BCUT2D eigenvalue weighted by molar-refractivity contribution is 5.50. The number of rotatable bonds is 3. The van der Waals surface area contributed by atoms with Crippen LogP contribution in [0.15, 0.2) is 36.4 Å². The Labute approximate surface area is 117 Å². The van der Waals surface area contributed by atoms with Gasteiger partial charge in [0.1, 0.15) is 5.82 Å². The summed E-state index contributed by atoms with van der Waals surface area (Å²) in [4.78, 5) is 0. The van der Waals surface area contributed by atoms with E-state index < -0.39 is 0 Å². The van der Waals surface area contributed by atoms with Crippen molar-refractivity contribution >= 4 is 5.69 Å². The van der Waals surface area contributed by atoms with Crippen molar-refractivity contribution in [2.75, 3.05) is 5.32 Å². The molecule has 1 aliphatic rings. The van der Waals surface area contributed by atoms with Gasteiger partial charge in [0, 0.05) is 17.8 Å². The topological polar surface area (TPSA) is 35.8 Å². The van der Waals surface area contributed by atoms with Gasteiger partial charge >= 0.3 is 0 Å². The molecule has 3 rings (SSSR count). The fraction of sp³-hybridized carbons (Fsp3) is 0.235. The van der Waals surface area contributed by atoms with Gasteiger partial charge in [0.2, 0.25) is 0 Å². The lowest BCUT2D eigenvalue weighted by atomic mass is 10.1. The molecule has 1 N–H and O–H groups in total. The summed E-state index contributed by atoms with van der Waals surface area (Å²) in [5, 5.41) is 12.1. The van der Waals surface area contributed by atoms with Crippen LogP contribution in [0.2, 0.25) is 0 Å². The predicted octanol–water partition coefficient (Wildman–Crippen LogP) is 3.80. The predicted molar refractivity (Wildman–Crippen MR) is 76.9 cm³/mol. The average molecular weight is 266 g/mol. The lowest BCUT2D eigenvalue weighted by molar-refractivity contribution is 0.612. The van der Waals surface area contributed by atoms with Crippen LogP contribution in [0.25, 0.3) is 0 Å². The van der Waals surface area contributed by atoms with Gasteiger partial charge in [-0.1, -0.05) is 6.07 Å². The molecule has 0 bridgehead atoms. The zero-order valence-electron chi connectivity index (χ0n) is 11.1. The molecule has 0 spiro atoms. The molecule has 20 heavy (non-hydrogen) atoms. The first-order valence-corrected chi connectivity index (χ1v) is 6.80. The summed E-state index contributed by atoms with van der Waals surface area (Å²) < 4.78 is 13.7. The van der Waals surface area contributed by atoms with Crippen molar-refractivity contribution in [1.29, 1.82) is 5.26 Å².